The van der Waals surface area contributed by atoms with E-state index in [4.69, 9.17) is 16.3 Å². The zero-order valence-corrected chi connectivity index (χ0v) is 15.5. The lowest BCUT2D eigenvalue weighted by Gasteiger charge is -2.19. The van der Waals surface area contributed by atoms with Crippen molar-refractivity contribution in [3.05, 3.63) is 63.7 Å². The van der Waals surface area contributed by atoms with Crippen molar-refractivity contribution in [2.75, 3.05) is 13.2 Å². The maximum atomic E-state index is 10.2. The van der Waals surface area contributed by atoms with E-state index in [1.165, 1.54) is 5.56 Å². The molecule has 0 bridgehead atoms. The number of hydrogen-bond donors (Lipinski definition) is 2. The van der Waals surface area contributed by atoms with Gasteiger partial charge in [-0.3, -0.25) is 0 Å². The van der Waals surface area contributed by atoms with E-state index in [-0.39, 0.29) is 12.6 Å². The second-order valence-corrected chi connectivity index (χ2v) is 6.81. The van der Waals surface area contributed by atoms with Crippen LogP contribution in [0, 0.1) is 20.8 Å². The molecule has 2 aromatic rings. The van der Waals surface area contributed by atoms with Crippen LogP contribution in [0.3, 0.4) is 0 Å². The number of aryl methyl sites for hydroxylation is 3. The Balaban J connectivity index is 1.83. The molecule has 0 radical (unpaired) electrons. The lowest BCUT2D eigenvalue weighted by atomic mass is 10.1. The molecule has 0 aliphatic carbocycles. The van der Waals surface area contributed by atoms with E-state index < -0.39 is 6.10 Å². The largest absolute Gasteiger partial charge is 0.490 e. The summed E-state index contributed by atoms with van der Waals surface area (Å²) < 4.78 is 5.83. The fraction of sp³-hybridized carbons (Fsp3) is 0.400. The van der Waals surface area contributed by atoms with Gasteiger partial charge in [-0.15, -0.1) is 0 Å². The predicted octanol–water partition coefficient (Wildman–Crippen LogP) is 4.36. The number of halogens is 1. The van der Waals surface area contributed by atoms with E-state index in [1.54, 1.807) is 0 Å². The van der Waals surface area contributed by atoms with E-state index in [0.29, 0.717) is 6.54 Å². The van der Waals surface area contributed by atoms with Gasteiger partial charge >= 0.3 is 0 Å². The first-order valence-corrected chi connectivity index (χ1v) is 8.62. The first-order chi connectivity index (χ1) is 11.4. The summed E-state index contributed by atoms with van der Waals surface area (Å²) >= 11 is 5.90. The van der Waals surface area contributed by atoms with E-state index in [0.717, 1.165) is 27.5 Å². The van der Waals surface area contributed by atoms with Crippen LogP contribution in [0.15, 0.2) is 36.4 Å². The Labute approximate surface area is 149 Å². The number of rotatable bonds is 7. The van der Waals surface area contributed by atoms with E-state index >= 15 is 0 Å². The Bertz CT molecular complexity index is 647. The van der Waals surface area contributed by atoms with Crippen LogP contribution in [-0.2, 0) is 0 Å². The lowest BCUT2D eigenvalue weighted by molar-refractivity contribution is 0.103. The Kier molecular flexibility index (Phi) is 6.67. The summed E-state index contributed by atoms with van der Waals surface area (Å²) in [5.74, 6) is 0.866. The van der Waals surface area contributed by atoms with Crippen molar-refractivity contribution in [1.82, 2.24) is 5.32 Å². The van der Waals surface area contributed by atoms with Gasteiger partial charge < -0.3 is 15.2 Å². The summed E-state index contributed by atoms with van der Waals surface area (Å²) in [4.78, 5) is 0. The molecular formula is C20H26ClNO2. The number of benzene rings is 2. The molecule has 24 heavy (non-hydrogen) atoms. The Morgan fingerprint density at radius 3 is 2.25 bits per heavy atom. The normalized spacial score (nSPS) is 13.6. The SMILES string of the molecule is Cc1cc(C)c(OCC(O)CNC(C)c2ccc(Cl)cc2)c(C)c1. The molecule has 0 saturated carbocycles. The summed E-state index contributed by atoms with van der Waals surface area (Å²) in [7, 11) is 0. The minimum atomic E-state index is -0.570. The van der Waals surface area contributed by atoms with Crippen molar-refractivity contribution in [1.29, 1.82) is 0 Å². The summed E-state index contributed by atoms with van der Waals surface area (Å²) in [5, 5.41) is 14.2. The molecule has 0 saturated heterocycles. The quantitative estimate of drug-likeness (QED) is 0.782. The maximum absolute atomic E-state index is 10.2. The molecular weight excluding hydrogens is 322 g/mol. The van der Waals surface area contributed by atoms with Crippen LogP contribution >= 0.6 is 11.6 Å². The van der Waals surface area contributed by atoms with Crippen LogP contribution < -0.4 is 10.1 Å². The van der Waals surface area contributed by atoms with Crippen molar-refractivity contribution >= 4 is 11.6 Å². The molecule has 2 aromatic carbocycles. The minimum absolute atomic E-state index is 0.139. The molecule has 2 atom stereocenters. The molecule has 0 aliphatic heterocycles. The number of aliphatic hydroxyl groups is 1. The topological polar surface area (TPSA) is 41.5 Å². The first-order valence-electron chi connectivity index (χ1n) is 8.24. The molecule has 4 heteroatoms. The third-order valence-electron chi connectivity index (χ3n) is 4.05. The number of nitrogens with one attached hydrogen (secondary N) is 1. The third kappa shape index (κ3) is 5.23. The van der Waals surface area contributed by atoms with Crippen LogP contribution in [0.5, 0.6) is 5.75 Å². The van der Waals surface area contributed by atoms with Crippen molar-refractivity contribution in [2.45, 2.75) is 39.8 Å². The van der Waals surface area contributed by atoms with Crippen molar-refractivity contribution in [3.8, 4) is 5.75 Å². The fourth-order valence-corrected chi connectivity index (χ4v) is 2.94. The van der Waals surface area contributed by atoms with Gasteiger partial charge in [-0.1, -0.05) is 41.4 Å². The monoisotopic (exact) mass is 347 g/mol. The molecule has 3 nitrogen and oxygen atoms in total. The Hall–Kier alpha value is -1.55. The highest BCUT2D eigenvalue weighted by molar-refractivity contribution is 6.30. The summed E-state index contributed by atoms with van der Waals surface area (Å²) in [5.41, 5.74) is 4.55. The van der Waals surface area contributed by atoms with Crippen LogP contribution in [0.4, 0.5) is 0 Å². The molecule has 0 heterocycles. The average Bonchev–Trinajstić information content (AvgIpc) is 2.52. The second kappa shape index (κ2) is 8.52. The number of aliphatic hydroxyl groups excluding tert-OH is 1. The number of ether oxygens (including phenoxy) is 1. The van der Waals surface area contributed by atoms with Crippen molar-refractivity contribution in [3.63, 3.8) is 0 Å². The van der Waals surface area contributed by atoms with Gasteiger partial charge in [-0.25, -0.2) is 0 Å². The summed E-state index contributed by atoms with van der Waals surface area (Å²) in [6.45, 7) is 8.93. The Morgan fingerprint density at radius 2 is 1.67 bits per heavy atom. The average molecular weight is 348 g/mol. The molecule has 130 valence electrons. The molecule has 0 aromatic heterocycles. The van der Waals surface area contributed by atoms with Gasteiger partial charge in [0.1, 0.15) is 18.5 Å². The molecule has 0 aliphatic rings. The van der Waals surface area contributed by atoms with Crippen molar-refractivity contribution in [2.24, 2.45) is 0 Å². The van der Waals surface area contributed by atoms with Gasteiger partial charge in [0, 0.05) is 17.6 Å². The van der Waals surface area contributed by atoms with Gasteiger partial charge in [0.25, 0.3) is 0 Å². The molecule has 2 rings (SSSR count). The fourth-order valence-electron chi connectivity index (χ4n) is 2.82. The third-order valence-corrected chi connectivity index (χ3v) is 4.31. The van der Waals surface area contributed by atoms with Gasteiger partial charge in [0.05, 0.1) is 0 Å². The predicted molar refractivity (Wildman–Crippen MR) is 100 cm³/mol. The van der Waals surface area contributed by atoms with Gasteiger partial charge in [-0.2, -0.15) is 0 Å². The molecule has 0 spiro atoms. The van der Waals surface area contributed by atoms with E-state index in [2.05, 4.69) is 31.3 Å². The molecule has 0 fully saturated rings. The number of hydrogen-bond acceptors (Lipinski definition) is 3. The van der Waals surface area contributed by atoms with Gasteiger partial charge in [-0.05, 0) is 56.5 Å². The highest BCUT2D eigenvalue weighted by atomic mass is 35.5. The molecule has 0 amide bonds. The van der Waals surface area contributed by atoms with Crippen molar-refractivity contribution < 1.29 is 9.84 Å². The van der Waals surface area contributed by atoms with Gasteiger partial charge in [0.15, 0.2) is 0 Å². The minimum Gasteiger partial charge on any atom is -0.490 e. The lowest BCUT2D eigenvalue weighted by Crippen LogP contribution is -2.33. The zero-order valence-electron chi connectivity index (χ0n) is 14.8. The van der Waals surface area contributed by atoms with Crippen LogP contribution in [0.1, 0.15) is 35.2 Å². The van der Waals surface area contributed by atoms with E-state index in [1.807, 2.05) is 38.1 Å². The summed E-state index contributed by atoms with van der Waals surface area (Å²) in [6, 6.07) is 12.0. The highest BCUT2D eigenvalue weighted by Gasteiger charge is 2.11. The second-order valence-electron chi connectivity index (χ2n) is 6.37. The van der Waals surface area contributed by atoms with Crippen LogP contribution in [0.25, 0.3) is 0 Å². The standard InChI is InChI=1S/C20H26ClNO2/c1-13-9-14(2)20(15(3)10-13)24-12-19(23)11-22-16(4)17-5-7-18(21)8-6-17/h5-10,16,19,22-23H,11-12H2,1-4H3. The molecule has 2 unspecified atom stereocenters. The maximum Gasteiger partial charge on any atom is 0.125 e. The van der Waals surface area contributed by atoms with Crippen LogP contribution in [0.2, 0.25) is 5.02 Å². The van der Waals surface area contributed by atoms with E-state index in [9.17, 15) is 5.11 Å². The molecule has 2 N–H and O–H groups in total. The first kappa shape index (κ1) is 18.8. The van der Waals surface area contributed by atoms with Gasteiger partial charge in [0.2, 0.25) is 0 Å². The zero-order chi connectivity index (χ0) is 17.7. The highest BCUT2D eigenvalue weighted by Crippen LogP contribution is 2.24. The Morgan fingerprint density at radius 1 is 1.08 bits per heavy atom. The van der Waals surface area contributed by atoms with Crippen LogP contribution in [-0.4, -0.2) is 24.4 Å². The summed E-state index contributed by atoms with van der Waals surface area (Å²) in [6.07, 6.45) is -0.570. The smallest absolute Gasteiger partial charge is 0.125 e.